The third-order valence-electron chi connectivity index (χ3n) is 7.28. The molecule has 4 aromatic rings. The van der Waals surface area contributed by atoms with Crippen molar-refractivity contribution in [2.75, 3.05) is 13.2 Å². The summed E-state index contributed by atoms with van der Waals surface area (Å²) in [6, 6.07) is 22.8. The second-order valence-electron chi connectivity index (χ2n) is 17.6. The summed E-state index contributed by atoms with van der Waals surface area (Å²) < 4.78 is 10.1. The van der Waals surface area contributed by atoms with Crippen LogP contribution in [-0.2, 0) is 38.9 Å². The van der Waals surface area contributed by atoms with Gasteiger partial charge in [-0.2, -0.15) is 5.41 Å². The van der Waals surface area contributed by atoms with E-state index in [2.05, 4.69) is 216 Å². The quantitative estimate of drug-likeness (QED) is 0.0855. The minimum atomic E-state index is -0.907. The van der Waals surface area contributed by atoms with Crippen LogP contribution in [0.25, 0.3) is 0 Å². The van der Waals surface area contributed by atoms with E-state index in [1.807, 2.05) is 36.4 Å². The first kappa shape index (κ1) is 68.3. The van der Waals surface area contributed by atoms with Crippen LogP contribution in [0, 0.1) is 30.3 Å². The average Bonchev–Trinajstić information content (AvgIpc) is 3.76. The molecule has 5 rings (SSSR count). The van der Waals surface area contributed by atoms with Crippen molar-refractivity contribution in [3.8, 4) is 0 Å². The molecule has 1 heterocycles. The number of aromatic carboxylic acids is 1. The number of hydrogen-bond donors (Lipinski definition) is 4. The van der Waals surface area contributed by atoms with Crippen LogP contribution in [0.2, 0.25) is 0 Å². The standard InChI is InChI=1S/C12H16BrNO.C12H18BrN.C7H5BrINO.C7H4BrIO2.C5H11.C4H8O.B.HI.Zn/c1-12(2,3)7-8-4-5-10(13)9(6-8)11(14)15;1-12(2,3)7-9-4-5-11(13)10(6-9)8-14;2*8-6-2-1-4(9)3-5(6)7(10)11;1-5(2,3)4;1-2-4-5-3-1;;;/h4-6H,7H2,1-3H3,(H2,14,15);4-6H,7-8,14H2,1-3H3;1-3H,(H2,10,11);1-3H,(H,10,11);1H2,2-4H3;1-4H2;;1H;/q;;;;-1;;;;+2/p-1. The summed E-state index contributed by atoms with van der Waals surface area (Å²) in [6.07, 6.45) is 4.58. The zero-order valence-electron chi connectivity index (χ0n) is 38.3. The molecule has 349 valence electrons. The summed E-state index contributed by atoms with van der Waals surface area (Å²) in [7, 11) is 0. The molecule has 7 N–H and O–H groups in total. The van der Waals surface area contributed by atoms with Crippen molar-refractivity contribution < 1.29 is 39.0 Å². The summed E-state index contributed by atoms with van der Waals surface area (Å²) in [6.45, 7) is 25.8. The van der Waals surface area contributed by atoms with Gasteiger partial charge in [-0.15, -0.1) is 0 Å². The number of rotatable bonds is 6. The molecule has 64 heavy (non-hydrogen) atoms. The average molecular weight is 1530 g/mol. The molecule has 0 aliphatic carbocycles. The van der Waals surface area contributed by atoms with E-state index in [1.54, 1.807) is 18.2 Å². The fourth-order valence-corrected chi connectivity index (χ4v) is 7.54. The first-order chi connectivity index (χ1) is 28.9. The molecular formula is C47H62BBr4I3N3O5Zn. The Morgan fingerprint density at radius 3 is 1.27 bits per heavy atom. The minimum absolute atomic E-state index is 0. The Labute approximate surface area is 467 Å². The Morgan fingerprint density at radius 1 is 0.641 bits per heavy atom. The zero-order chi connectivity index (χ0) is 49.3. The van der Waals surface area contributed by atoms with Crippen LogP contribution in [0.15, 0.2) is 90.7 Å². The van der Waals surface area contributed by atoms with Gasteiger partial charge in [0, 0.05) is 53.2 Å². The molecule has 8 nitrogen and oxygen atoms in total. The van der Waals surface area contributed by atoms with Crippen LogP contribution in [0.1, 0.15) is 123 Å². The maximum absolute atomic E-state index is 11.1. The van der Waals surface area contributed by atoms with Crippen LogP contribution in [-0.4, -0.2) is 44.5 Å². The van der Waals surface area contributed by atoms with Gasteiger partial charge < -0.3 is 34.0 Å². The number of carbonyl (C=O) groups excluding carboxylic acids is 2. The number of ether oxygens (including phenoxy) is 1. The number of carbonyl (C=O) groups is 3. The Balaban J connectivity index is -0.000000714. The van der Waals surface area contributed by atoms with Gasteiger partial charge in [0.05, 0.1) is 16.7 Å². The molecule has 4 aromatic carbocycles. The molecule has 0 unspecified atom stereocenters. The summed E-state index contributed by atoms with van der Waals surface area (Å²) in [5, 5.41) is 8.66. The number of hydrogen-bond acceptors (Lipinski definition) is 5. The zero-order valence-corrected chi connectivity index (χ0v) is 54.1. The van der Waals surface area contributed by atoms with Crippen molar-refractivity contribution in [1.29, 1.82) is 0 Å². The van der Waals surface area contributed by atoms with Gasteiger partial charge in [-0.25, -0.2) is 4.79 Å². The number of nitrogens with two attached hydrogens (primary N) is 3. The topological polar surface area (TPSA) is 159 Å². The predicted octanol–water partition coefficient (Wildman–Crippen LogP) is 14.7. The second kappa shape index (κ2) is 35.2. The molecule has 0 atom stereocenters. The molecule has 0 spiro atoms. The van der Waals surface area contributed by atoms with E-state index >= 15 is 0 Å². The van der Waals surface area contributed by atoms with E-state index in [1.165, 1.54) is 38.8 Å². The predicted molar refractivity (Wildman–Crippen MR) is 305 cm³/mol. The maximum atomic E-state index is 11.1. The molecule has 1 aliphatic rings. The molecular weight excluding hydrogens is 1460 g/mol. The van der Waals surface area contributed by atoms with Crippen molar-refractivity contribution in [3.05, 3.63) is 138 Å². The van der Waals surface area contributed by atoms with Gasteiger partial charge in [0.15, 0.2) is 0 Å². The molecule has 1 saturated heterocycles. The Kier molecular flexibility index (Phi) is 37.5. The second-order valence-corrected chi connectivity index (χ2v) is 23.5. The van der Waals surface area contributed by atoms with Crippen LogP contribution >= 0.6 is 129 Å². The number of carboxylic acids is 1. The van der Waals surface area contributed by atoms with Gasteiger partial charge in [-0.05, 0) is 201 Å². The molecule has 3 radical (unpaired) electrons. The normalized spacial score (nSPS) is 11.5. The summed E-state index contributed by atoms with van der Waals surface area (Å²) in [5.41, 5.74) is 21.9. The Bertz CT molecular complexity index is 1950. The van der Waals surface area contributed by atoms with Crippen LogP contribution in [0.5, 0.6) is 0 Å². The Hall–Kier alpha value is 0.00831. The Morgan fingerprint density at radius 2 is 0.969 bits per heavy atom. The van der Waals surface area contributed by atoms with Crippen LogP contribution in [0.3, 0.4) is 0 Å². The number of primary amides is 2. The number of halogens is 7. The van der Waals surface area contributed by atoms with Crippen molar-refractivity contribution in [1.82, 2.24) is 0 Å². The third kappa shape index (κ3) is 35.2. The van der Waals surface area contributed by atoms with Gasteiger partial charge in [0.2, 0.25) is 11.8 Å². The molecule has 0 bridgehead atoms. The monoisotopic (exact) mass is 1520 g/mol. The van der Waals surface area contributed by atoms with Gasteiger partial charge in [-0.3, -0.25) is 9.59 Å². The third-order valence-corrected chi connectivity index (χ3v) is 11.5. The van der Waals surface area contributed by atoms with E-state index in [4.69, 9.17) is 27.0 Å². The molecule has 0 saturated carbocycles. The van der Waals surface area contributed by atoms with Crippen molar-refractivity contribution in [3.63, 3.8) is 0 Å². The van der Waals surface area contributed by atoms with Crippen LogP contribution < -0.4 is 17.2 Å². The van der Waals surface area contributed by atoms with E-state index < -0.39 is 17.8 Å². The van der Waals surface area contributed by atoms with E-state index in [0.29, 0.717) is 33.1 Å². The molecule has 1 aliphatic heterocycles. The fourth-order valence-electron chi connectivity index (χ4n) is 4.85. The van der Waals surface area contributed by atoms with E-state index in [9.17, 15) is 14.4 Å². The molecule has 0 aromatic heterocycles. The van der Waals surface area contributed by atoms with Gasteiger partial charge in [0.25, 0.3) is 0 Å². The number of amides is 2. The van der Waals surface area contributed by atoms with Crippen molar-refractivity contribution in [2.45, 2.75) is 94.5 Å². The fraction of sp³-hybridized carbons (Fsp3) is 0.404. The van der Waals surface area contributed by atoms with E-state index in [0.717, 1.165) is 52.2 Å². The first-order valence-electron chi connectivity index (χ1n) is 19.6. The summed E-state index contributed by atoms with van der Waals surface area (Å²) in [5.74, 6) is -1.71. The van der Waals surface area contributed by atoms with Crippen molar-refractivity contribution >= 4 is 155 Å². The van der Waals surface area contributed by atoms with Gasteiger partial charge >= 0.3 is 40.5 Å². The number of carboxylic acid groups (broad SMARTS) is 1. The summed E-state index contributed by atoms with van der Waals surface area (Å²) >= 11 is 21.0. The van der Waals surface area contributed by atoms with Gasteiger partial charge in [-0.1, -0.05) is 96.4 Å². The molecule has 1 fully saturated rings. The van der Waals surface area contributed by atoms with Crippen molar-refractivity contribution in [2.24, 2.45) is 33.4 Å². The first-order valence-corrected chi connectivity index (χ1v) is 34.0. The number of benzene rings is 4. The molecule has 17 heteroatoms. The van der Waals surface area contributed by atoms with E-state index in [-0.39, 0.29) is 19.2 Å². The SMILES string of the molecule is C1CCOC1.CC(C)(C)Cc1ccc(Br)c(C(N)=O)c1.CC(C)(C)Cc1ccc(Br)c(CN)c1.NC(=O)c1cc(I)ccc1Br.O=C(O)c1cc(I)ccc1Br.[B].[CH2-]C(C)(C)C.[Zn+][I]. The summed E-state index contributed by atoms with van der Waals surface area (Å²) in [4.78, 5) is 32.4. The van der Waals surface area contributed by atoms with Gasteiger partial charge in [0.1, 0.15) is 0 Å². The molecule has 2 amide bonds. The van der Waals surface area contributed by atoms with Crippen LogP contribution in [0.4, 0.5) is 0 Å².